The van der Waals surface area contributed by atoms with E-state index in [1.165, 1.54) is 0 Å². The summed E-state index contributed by atoms with van der Waals surface area (Å²) in [4.78, 5) is 22.0. The summed E-state index contributed by atoms with van der Waals surface area (Å²) in [7, 11) is 0. The lowest BCUT2D eigenvalue weighted by Gasteiger charge is -2.14. The number of carbonyl (C=O) groups excluding carboxylic acids is 2. The molecule has 0 saturated heterocycles. The van der Waals surface area contributed by atoms with Crippen LogP contribution in [0.15, 0.2) is 23.3 Å². The summed E-state index contributed by atoms with van der Waals surface area (Å²) in [5, 5.41) is 0. The average molecular weight is 196 g/mol. The average Bonchev–Trinajstić information content (AvgIpc) is 2.04. The summed E-state index contributed by atoms with van der Waals surface area (Å²) >= 11 is 0. The molecule has 0 aliphatic rings. The first-order chi connectivity index (χ1) is 6.45. The summed E-state index contributed by atoms with van der Waals surface area (Å²) in [5.74, 6) is -1.40. The molecule has 0 aliphatic heterocycles. The minimum atomic E-state index is -0.527. The van der Waals surface area contributed by atoms with Crippen molar-refractivity contribution < 1.29 is 9.59 Å². The van der Waals surface area contributed by atoms with Crippen LogP contribution in [0.2, 0.25) is 0 Å². The first kappa shape index (κ1) is 12.4. The third-order valence-corrected chi connectivity index (χ3v) is 2.12. The molecule has 0 unspecified atom stereocenters. The molecule has 14 heavy (non-hydrogen) atoms. The number of rotatable bonds is 4. The molecule has 0 fully saturated rings. The number of amides is 2. The van der Waals surface area contributed by atoms with Gasteiger partial charge in [-0.05, 0) is 13.8 Å². The van der Waals surface area contributed by atoms with E-state index >= 15 is 0 Å². The van der Waals surface area contributed by atoms with Gasteiger partial charge in [0.25, 0.3) is 0 Å². The Hall–Kier alpha value is -1.58. The molecule has 0 rings (SSSR count). The quantitative estimate of drug-likeness (QED) is 0.641. The van der Waals surface area contributed by atoms with Crippen molar-refractivity contribution in [3.05, 3.63) is 23.3 Å². The van der Waals surface area contributed by atoms with E-state index in [1.807, 2.05) is 0 Å². The van der Waals surface area contributed by atoms with Crippen LogP contribution in [0.5, 0.6) is 0 Å². The third kappa shape index (κ3) is 2.73. The fourth-order valence-electron chi connectivity index (χ4n) is 1.38. The van der Waals surface area contributed by atoms with E-state index in [2.05, 4.69) is 0 Å². The van der Waals surface area contributed by atoms with E-state index in [1.54, 1.807) is 32.9 Å². The van der Waals surface area contributed by atoms with Gasteiger partial charge in [-0.25, -0.2) is 0 Å². The van der Waals surface area contributed by atoms with Gasteiger partial charge in [-0.1, -0.05) is 19.1 Å². The summed E-state index contributed by atoms with van der Waals surface area (Å²) in [5.41, 5.74) is 11.1. The molecule has 2 amide bonds. The zero-order valence-corrected chi connectivity index (χ0v) is 8.70. The Bertz CT molecular complexity index is 273. The van der Waals surface area contributed by atoms with Crippen molar-refractivity contribution >= 4 is 11.8 Å². The van der Waals surface area contributed by atoms with Gasteiger partial charge < -0.3 is 11.5 Å². The second-order valence-corrected chi connectivity index (χ2v) is 2.94. The van der Waals surface area contributed by atoms with E-state index in [0.29, 0.717) is 11.1 Å². The molecule has 0 saturated carbocycles. The fraction of sp³-hybridized carbons (Fsp3) is 0.400. The lowest BCUT2D eigenvalue weighted by molar-refractivity contribution is -0.115. The molecule has 4 nitrogen and oxygen atoms in total. The van der Waals surface area contributed by atoms with Crippen molar-refractivity contribution in [3.63, 3.8) is 0 Å². The molecule has 78 valence electrons. The first-order valence-electron chi connectivity index (χ1n) is 4.37. The molecule has 4 N–H and O–H groups in total. The Morgan fingerprint density at radius 2 is 1.29 bits per heavy atom. The van der Waals surface area contributed by atoms with Gasteiger partial charge >= 0.3 is 0 Å². The van der Waals surface area contributed by atoms with Gasteiger partial charge in [-0.2, -0.15) is 0 Å². The van der Waals surface area contributed by atoms with E-state index in [4.69, 9.17) is 11.5 Å². The van der Waals surface area contributed by atoms with Crippen LogP contribution in [0.3, 0.4) is 0 Å². The van der Waals surface area contributed by atoms with Gasteiger partial charge in [0.05, 0.1) is 0 Å². The van der Waals surface area contributed by atoms with Crippen LogP contribution in [0.1, 0.15) is 20.8 Å². The molecule has 0 atom stereocenters. The van der Waals surface area contributed by atoms with Crippen molar-refractivity contribution in [3.8, 4) is 0 Å². The highest BCUT2D eigenvalue weighted by molar-refractivity contribution is 5.98. The zero-order valence-electron chi connectivity index (χ0n) is 8.70. The van der Waals surface area contributed by atoms with Crippen LogP contribution in [0, 0.1) is 5.92 Å². The van der Waals surface area contributed by atoms with Crippen molar-refractivity contribution in [1.82, 2.24) is 0 Å². The van der Waals surface area contributed by atoms with E-state index in [9.17, 15) is 9.59 Å². The van der Waals surface area contributed by atoms with Gasteiger partial charge in [0, 0.05) is 17.1 Å². The number of primary amides is 2. The van der Waals surface area contributed by atoms with Gasteiger partial charge in [-0.15, -0.1) is 0 Å². The lowest BCUT2D eigenvalue weighted by atomic mass is 9.91. The highest BCUT2D eigenvalue weighted by Gasteiger charge is 2.20. The minimum absolute atomic E-state index is 0.347. The standard InChI is InChI=1S/C10H16N2O2/c1-4-7(9(11)13)6(3)8(5-2)10(12)14/h4-6H,1-3H3,(H2,11,13)(H2,12,14). The van der Waals surface area contributed by atoms with Crippen molar-refractivity contribution in [2.24, 2.45) is 17.4 Å². The van der Waals surface area contributed by atoms with Crippen molar-refractivity contribution in [1.29, 1.82) is 0 Å². The number of nitrogens with two attached hydrogens (primary N) is 2. The Labute approximate surface area is 83.6 Å². The lowest BCUT2D eigenvalue weighted by Crippen LogP contribution is -2.25. The summed E-state index contributed by atoms with van der Waals surface area (Å²) < 4.78 is 0. The highest BCUT2D eigenvalue weighted by Crippen LogP contribution is 2.19. The Morgan fingerprint density at radius 1 is 1.00 bits per heavy atom. The zero-order chi connectivity index (χ0) is 11.3. The Morgan fingerprint density at radius 3 is 1.43 bits per heavy atom. The van der Waals surface area contributed by atoms with E-state index in [0.717, 1.165) is 0 Å². The second kappa shape index (κ2) is 5.21. The largest absolute Gasteiger partial charge is 0.366 e. The molecule has 4 heteroatoms. The topological polar surface area (TPSA) is 86.2 Å². The van der Waals surface area contributed by atoms with Crippen LogP contribution >= 0.6 is 0 Å². The highest BCUT2D eigenvalue weighted by atomic mass is 16.1. The van der Waals surface area contributed by atoms with Crippen LogP contribution in [0.25, 0.3) is 0 Å². The molecule has 0 aliphatic carbocycles. The molecule has 0 heterocycles. The number of carbonyl (C=O) groups is 2. The van der Waals surface area contributed by atoms with Gasteiger partial charge in [0.1, 0.15) is 0 Å². The maximum atomic E-state index is 11.0. The van der Waals surface area contributed by atoms with Crippen LogP contribution in [-0.2, 0) is 9.59 Å². The molecular weight excluding hydrogens is 180 g/mol. The molecule has 0 aromatic heterocycles. The summed E-state index contributed by atoms with van der Waals surface area (Å²) in [6, 6.07) is 0. The molecule has 0 spiro atoms. The van der Waals surface area contributed by atoms with Crippen LogP contribution < -0.4 is 11.5 Å². The Balaban J connectivity index is 5.02. The maximum Gasteiger partial charge on any atom is 0.244 e. The monoisotopic (exact) mass is 196 g/mol. The predicted octanol–water partition coefficient (Wildman–Crippen LogP) is 0.486. The van der Waals surface area contributed by atoms with Gasteiger partial charge in [0.15, 0.2) is 0 Å². The fourth-order valence-corrected chi connectivity index (χ4v) is 1.38. The second-order valence-electron chi connectivity index (χ2n) is 2.94. The first-order valence-corrected chi connectivity index (χ1v) is 4.37. The molecule has 0 bridgehead atoms. The van der Waals surface area contributed by atoms with Crippen molar-refractivity contribution in [2.75, 3.05) is 0 Å². The van der Waals surface area contributed by atoms with Crippen LogP contribution in [0.4, 0.5) is 0 Å². The van der Waals surface area contributed by atoms with Crippen molar-refractivity contribution in [2.45, 2.75) is 20.8 Å². The normalized spacial score (nSPS) is 15.1. The van der Waals surface area contributed by atoms with E-state index in [-0.39, 0.29) is 5.92 Å². The number of hydrogen-bond donors (Lipinski definition) is 2. The maximum absolute atomic E-state index is 11.0. The molecule has 0 radical (unpaired) electrons. The Kier molecular flexibility index (Phi) is 4.63. The summed E-state index contributed by atoms with van der Waals surface area (Å²) in [6.45, 7) is 5.12. The number of hydrogen-bond acceptors (Lipinski definition) is 2. The molecular formula is C10H16N2O2. The SMILES string of the molecule is CC=C(C(N)=O)C(C)C(=CC)C(N)=O. The minimum Gasteiger partial charge on any atom is -0.366 e. The van der Waals surface area contributed by atoms with Gasteiger partial charge in [-0.3, -0.25) is 9.59 Å². The molecule has 0 aromatic rings. The van der Waals surface area contributed by atoms with Gasteiger partial charge in [0.2, 0.25) is 11.8 Å². The molecule has 0 aromatic carbocycles. The predicted molar refractivity (Wildman–Crippen MR) is 55.1 cm³/mol. The number of allylic oxidation sites excluding steroid dienone is 2. The third-order valence-electron chi connectivity index (χ3n) is 2.12. The smallest absolute Gasteiger partial charge is 0.244 e. The van der Waals surface area contributed by atoms with E-state index < -0.39 is 11.8 Å². The van der Waals surface area contributed by atoms with Crippen LogP contribution in [-0.4, -0.2) is 11.8 Å². The summed E-state index contributed by atoms with van der Waals surface area (Å²) in [6.07, 6.45) is 3.19.